The summed E-state index contributed by atoms with van der Waals surface area (Å²) < 4.78 is 4.97. The Morgan fingerprint density at radius 2 is 2.36 bits per heavy atom. The Bertz CT molecular complexity index is 231. The number of ether oxygens (including phenoxy) is 1. The molecule has 2 aliphatic heterocycles. The highest BCUT2D eigenvalue weighted by molar-refractivity contribution is 5.70. The van der Waals surface area contributed by atoms with Gasteiger partial charge in [0.15, 0.2) is 0 Å². The number of piperidine rings is 1. The molecule has 80 valence electrons. The van der Waals surface area contributed by atoms with Crippen LogP contribution in [0.5, 0.6) is 0 Å². The maximum absolute atomic E-state index is 11.4. The number of carbonyl (C=O) groups is 1. The fourth-order valence-corrected chi connectivity index (χ4v) is 2.47. The normalized spacial score (nSPS) is 36.9. The first kappa shape index (κ1) is 9.77. The summed E-state index contributed by atoms with van der Waals surface area (Å²) in [4.78, 5) is 13.2. The van der Waals surface area contributed by atoms with Crippen molar-refractivity contribution in [2.45, 2.75) is 50.8 Å². The summed E-state index contributed by atoms with van der Waals surface area (Å²) in [6.07, 6.45) is 3.14. The SMILES string of the molecule is CCCC1CCC(O)C2COC(=O)N12. The van der Waals surface area contributed by atoms with Crippen LogP contribution in [-0.4, -0.2) is 40.9 Å². The van der Waals surface area contributed by atoms with Crippen molar-refractivity contribution in [3.8, 4) is 0 Å². The molecule has 0 saturated carbocycles. The third kappa shape index (κ3) is 1.47. The van der Waals surface area contributed by atoms with Crippen LogP contribution in [0.2, 0.25) is 0 Å². The van der Waals surface area contributed by atoms with Gasteiger partial charge >= 0.3 is 6.09 Å². The third-order valence-electron chi connectivity index (χ3n) is 3.20. The first-order valence-electron chi connectivity index (χ1n) is 5.37. The number of amides is 1. The number of aliphatic hydroxyl groups excluding tert-OH is 1. The highest BCUT2D eigenvalue weighted by atomic mass is 16.6. The van der Waals surface area contributed by atoms with Crippen LogP contribution in [0.15, 0.2) is 0 Å². The van der Waals surface area contributed by atoms with Gasteiger partial charge in [-0.1, -0.05) is 13.3 Å². The van der Waals surface area contributed by atoms with Crippen LogP contribution in [0.1, 0.15) is 32.6 Å². The van der Waals surface area contributed by atoms with Crippen molar-refractivity contribution in [2.75, 3.05) is 6.61 Å². The topological polar surface area (TPSA) is 49.8 Å². The number of cyclic esters (lactones) is 1. The first-order chi connectivity index (χ1) is 6.74. The average molecular weight is 199 g/mol. The molecule has 4 heteroatoms. The molecule has 0 radical (unpaired) electrons. The van der Waals surface area contributed by atoms with Gasteiger partial charge in [0, 0.05) is 6.04 Å². The summed E-state index contributed by atoms with van der Waals surface area (Å²) in [5.41, 5.74) is 0. The summed E-state index contributed by atoms with van der Waals surface area (Å²) in [6, 6.07) is 0.191. The molecular weight excluding hydrogens is 182 g/mol. The zero-order valence-electron chi connectivity index (χ0n) is 8.48. The summed E-state index contributed by atoms with van der Waals surface area (Å²) >= 11 is 0. The molecule has 2 rings (SSSR count). The molecule has 0 aliphatic carbocycles. The number of carbonyl (C=O) groups excluding carboxylic acids is 1. The lowest BCUT2D eigenvalue weighted by atomic mass is 9.92. The second-order valence-electron chi connectivity index (χ2n) is 4.14. The largest absolute Gasteiger partial charge is 0.447 e. The van der Waals surface area contributed by atoms with Gasteiger partial charge in [-0.25, -0.2) is 4.79 Å². The molecule has 4 nitrogen and oxygen atoms in total. The number of aliphatic hydroxyl groups is 1. The van der Waals surface area contributed by atoms with Gasteiger partial charge in [0.1, 0.15) is 6.61 Å². The fraction of sp³-hybridized carbons (Fsp3) is 0.900. The molecule has 14 heavy (non-hydrogen) atoms. The number of nitrogens with zero attached hydrogens (tertiary/aromatic N) is 1. The summed E-state index contributed by atoms with van der Waals surface area (Å²) in [7, 11) is 0. The van der Waals surface area contributed by atoms with E-state index in [0.717, 1.165) is 25.7 Å². The van der Waals surface area contributed by atoms with E-state index in [1.165, 1.54) is 0 Å². The fourth-order valence-electron chi connectivity index (χ4n) is 2.47. The maximum Gasteiger partial charge on any atom is 0.410 e. The molecule has 0 aromatic carbocycles. The van der Waals surface area contributed by atoms with Gasteiger partial charge < -0.3 is 9.84 Å². The summed E-state index contributed by atoms with van der Waals surface area (Å²) in [5.74, 6) is 0. The lowest BCUT2D eigenvalue weighted by Crippen LogP contribution is -2.52. The van der Waals surface area contributed by atoms with Crippen molar-refractivity contribution >= 4 is 6.09 Å². The summed E-state index contributed by atoms with van der Waals surface area (Å²) in [5, 5.41) is 9.71. The van der Waals surface area contributed by atoms with Crippen molar-refractivity contribution in [1.29, 1.82) is 0 Å². The van der Waals surface area contributed by atoms with Gasteiger partial charge in [0.25, 0.3) is 0 Å². The average Bonchev–Trinajstić information content (AvgIpc) is 2.55. The van der Waals surface area contributed by atoms with Crippen LogP contribution in [-0.2, 0) is 4.74 Å². The predicted molar refractivity (Wildman–Crippen MR) is 50.9 cm³/mol. The van der Waals surface area contributed by atoms with Crippen molar-refractivity contribution in [2.24, 2.45) is 0 Å². The molecule has 0 aromatic rings. The minimum atomic E-state index is -0.394. The Morgan fingerprint density at radius 3 is 3.07 bits per heavy atom. The van der Waals surface area contributed by atoms with E-state index in [1.54, 1.807) is 4.90 Å². The second kappa shape index (κ2) is 3.77. The van der Waals surface area contributed by atoms with E-state index in [1.807, 2.05) is 0 Å². The highest BCUT2D eigenvalue weighted by Gasteiger charge is 2.44. The molecule has 0 aromatic heterocycles. The molecule has 3 atom stereocenters. The van der Waals surface area contributed by atoms with Gasteiger partial charge in [-0.2, -0.15) is 0 Å². The second-order valence-corrected chi connectivity index (χ2v) is 4.14. The lowest BCUT2D eigenvalue weighted by molar-refractivity contribution is 0.0205. The minimum absolute atomic E-state index is 0.0900. The van der Waals surface area contributed by atoms with Crippen LogP contribution in [0.3, 0.4) is 0 Å². The quantitative estimate of drug-likeness (QED) is 0.725. The molecule has 0 spiro atoms. The molecule has 3 unspecified atom stereocenters. The van der Waals surface area contributed by atoms with E-state index in [4.69, 9.17) is 4.74 Å². The molecular formula is C10H17NO3. The number of hydrogen-bond acceptors (Lipinski definition) is 3. The van der Waals surface area contributed by atoms with Gasteiger partial charge in [-0.3, -0.25) is 4.90 Å². The Morgan fingerprint density at radius 1 is 1.57 bits per heavy atom. The predicted octanol–water partition coefficient (Wildman–Crippen LogP) is 1.13. The molecule has 0 bridgehead atoms. The van der Waals surface area contributed by atoms with Crippen LogP contribution in [0.4, 0.5) is 4.79 Å². The Kier molecular flexibility index (Phi) is 2.63. The van der Waals surface area contributed by atoms with Crippen molar-refractivity contribution in [3.05, 3.63) is 0 Å². The number of hydrogen-bond donors (Lipinski definition) is 1. The van der Waals surface area contributed by atoms with Crippen LogP contribution in [0.25, 0.3) is 0 Å². The molecule has 2 heterocycles. The van der Waals surface area contributed by atoms with Crippen LogP contribution in [0, 0.1) is 0 Å². The third-order valence-corrected chi connectivity index (χ3v) is 3.20. The standard InChI is InChI=1S/C10H17NO3/c1-2-3-7-4-5-9(12)8-6-14-10(13)11(7)8/h7-9,12H,2-6H2,1H3. The zero-order valence-corrected chi connectivity index (χ0v) is 8.48. The van der Waals surface area contributed by atoms with Crippen LogP contribution >= 0.6 is 0 Å². The van der Waals surface area contributed by atoms with Gasteiger partial charge in [-0.05, 0) is 19.3 Å². The Labute approximate surface area is 83.8 Å². The summed E-state index contributed by atoms with van der Waals surface area (Å²) in [6.45, 7) is 2.47. The van der Waals surface area contributed by atoms with Crippen LogP contribution < -0.4 is 0 Å². The van der Waals surface area contributed by atoms with Gasteiger partial charge in [0.2, 0.25) is 0 Å². The smallest absolute Gasteiger partial charge is 0.410 e. The van der Waals surface area contributed by atoms with Gasteiger partial charge in [-0.15, -0.1) is 0 Å². The number of rotatable bonds is 2. The maximum atomic E-state index is 11.4. The zero-order chi connectivity index (χ0) is 10.1. The molecule has 2 aliphatic rings. The van der Waals surface area contributed by atoms with E-state index >= 15 is 0 Å². The lowest BCUT2D eigenvalue weighted by Gasteiger charge is -2.38. The molecule has 2 fully saturated rings. The Hall–Kier alpha value is -0.770. The van der Waals surface area contributed by atoms with E-state index < -0.39 is 6.10 Å². The minimum Gasteiger partial charge on any atom is -0.447 e. The van der Waals surface area contributed by atoms with E-state index in [2.05, 4.69) is 6.92 Å². The van der Waals surface area contributed by atoms with E-state index in [-0.39, 0.29) is 18.2 Å². The Balaban J connectivity index is 2.11. The highest BCUT2D eigenvalue weighted by Crippen LogP contribution is 2.30. The van der Waals surface area contributed by atoms with Gasteiger partial charge in [0.05, 0.1) is 12.1 Å². The molecule has 1 amide bonds. The van der Waals surface area contributed by atoms with E-state index in [0.29, 0.717) is 6.61 Å². The number of fused-ring (bicyclic) bond motifs is 1. The van der Waals surface area contributed by atoms with Crippen molar-refractivity contribution < 1.29 is 14.6 Å². The first-order valence-corrected chi connectivity index (χ1v) is 5.37. The molecule has 2 saturated heterocycles. The molecule has 1 N–H and O–H groups in total. The van der Waals surface area contributed by atoms with E-state index in [9.17, 15) is 9.90 Å². The monoisotopic (exact) mass is 199 g/mol. The van der Waals surface area contributed by atoms with Crippen molar-refractivity contribution in [3.63, 3.8) is 0 Å². The van der Waals surface area contributed by atoms with Crippen molar-refractivity contribution in [1.82, 2.24) is 4.90 Å².